The molecule has 0 aliphatic carbocycles. The van der Waals surface area contributed by atoms with Gasteiger partial charge in [0.1, 0.15) is 12.4 Å². The van der Waals surface area contributed by atoms with Gasteiger partial charge in [0, 0.05) is 58.7 Å². The molecule has 1 saturated heterocycles. The van der Waals surface area contributed by atoms with Crippen molar-refractivity contribution < 1.29 is 4.74 Å². The number of likely N-dealkylation sites (N-methyl/N-ethyl adjacent to an activating group) is 1. The summed E-state index contributed by atoms with van der Waals surface area (Å²) < 4.78 is 5.83. The summed E-state index contributed by atoms with van der Waals surface area (Å²) in [7, 11) is 5.92. The lowest BCUT2D eigenvalue weighted by molar-refractivity contribution is 0.261. The van der Waals surface area contributed by atoms with Crippen LogP contribution in [0.2, 0.25) is 0 Å². The van der Waals surface area contributed by atoms with Crippen LogP contribution in [0.3, 0.4) is 0 Å². The molecule has 29 heavy (non-hydrogen) atoms. The molecule has 8 nitrogen and oxygen atoms in total. The number of hydrogen-bond donors (Lipinski definition) is 1. The van der Waals surface area contributed by atoms with Gasteiger partial charge in [-0.2, -0.15) is 0 Å². The molecule has 1 N–H and O–H groups in total. The Bertz CT molecular complexity index is 774. The summed E-state index contributed by atoms with van der Waals surface area (Å²) in [6.45, 7) is 5.80. The third-order valence-corrected chi connectivity index (χ3v) is 4.78. The highest BCUT2D eigenvalue weighted by Gasteiger charge is 2.20. The molecule has 1 fully saturated rings. The van der Waals surface area contributed by atoms with E-state index in [2.05, 4.69) is 47.1 Å². The molecule has 0 radical (unpaired) electrons. The Morgan fingerprint density at radius 2 is 1.90 bits per heavy atom. The van der Waals surface area contributed by atoms with Crippen molar-refractivity contribution in [1.82, 2.24) is 25.1 Å². The van der Waals surface area contributed by atoms with Crippen LogP contribution in [-0.2, 0) is 6.54 Å². The summed E-state index contributed by atoms with van der Waals surface area (Å²) in [5.74, 6) is 2.61. The molecule has 0 spiro atoms. The molecule has 1 aromatic heterocycles. The predicted molar refractivity (Wildman–Crippen MR) is 117 cm³/mol. The van der Waals surface area contributed by atoms with Crippen molar-refractivity contribution in [3.63, 3.8) is 0 Å². The molecule has 2 aromatic rings. The summed E-state index contributed by atoms with van der Waals surface area (Å²) >= 11 is 0. The van der Waals surface area contributed by atoms with Gasteiger partial charge in [0.05, 0.1) is 0 Å². The fourth-order valence-corrected chi connectivity index (χ4v) is 3.18. The summed E-state index contributed by atoms with van der Waals surface area (Å²) in [5, 5.41) is 3.47. The van der Waals surface area contributed by atoms with Gasteiger partial charge in [0.2, 0.25) is 5.95 Å². The van der Waals surface area contributed by atoms with Gasteiger partial charge < -0.3 is 24.8 Å². The molecule has 3 rings (SSSR count). The second-order valence-corrected chi connectivity index (χ2v) is 7.22. The highest BCUT2D eigenvalue weighted by Crippen LogP contribution is 2.14. The van der Waals surface area contributed by atoms with E-state index < -0.39 is 0 Å². The standard InChI is InChI=1S/C21H31N7O/c1-22-20(27-10-12-28(13-11-27)21-23-8-5-9-24-21)25-17-18-6-4-7-19(16-18)29-15-14-26(2)3/h4-9,16H,10-15,17H2,1-3H3,(H,22,25). The second-order valence-electron chi connectivity index (χ2n) is 7.22. The number of hydrogen-bond acceptors (Lipinski definition) is 6. The minimum Gasteiger partial charge on any atom is -0.492 e. The number of nitrogens with one attached hydrogen (secondary N) is 1. The van der Waals surface area contributed by atoms with E-state index in [1.807, 2.05) is 39.3 Å². The van der Waals surface area contributed by atoms with Crippen LogP contribution in [0.4, 0.5) is 5.95 Å². The lowest BCUT2D eigenvalue weighted by Crippen LogP contribution is -2.52. The first kappa shape index (κ1) is 20.9. The summed E-state index contributed by atoms with van der Waals surface area (Å²) in [5.41, 5.74) is 1.17. The Labute approximate surface area is 173 Å². The lowest BCUT2D eigenvalue weighted by Gasteiger charge is -2.36. The van der Waals surface area contributed by atoms with E-state index in [0.717, 1.165) is 50.4 Å². The Hall–Kier alpha value is -2.87. The maximum absolute atomic E-state index is 5.83. The monoisotopic (exact) mass is 397 g/mol. The van der Waals surface area contributed by atoms with E-state index in [-0.39, 0.29) is 0 Å². The molecule has 156 valence electrons. The van der Waals surface area contributed by atoms with Gasteiger partial charge in [0.15, 0.2) is 5.96 Å². The van der Waals surface area contributed by atoms with Crippen molar-refractivity contribution >= 4 is 11.9 Å². The Kier molecular flexibility index (Phi) is 7.63. The Balaban J connectivity index is 1.48. The summed E-state index contributed by atoms with van der Waals surface area (Å²) in [6.07, 6.45) is 3.57. The van der Waals surface area contributed by atoms with Crippen molar-refractivity contribution in [2.75, 3.05) is 65.4 Å². The summed E-state index contributed by atoms with van der Waals surface area (Å²) in [6, 6.07) is 10.1. The van der Waals surface area contributed by atoms with E-state index in [4.69, 9.17) is 4.74 Å². The molecule has 0 amide bonds. The van der Waals surface area contributed by atoms with Crippen LogP contribution >= 0.6 is 0 Å². The molecule has 1 aromatic carbocycles. The zero-order valence-electron chi connectivity index (χ0n) is 17.6. The van der Waals surface area contributed by atoms with Crippen LogP contribution in [-0.4, -0.2) is 86.2 Å². The molecule has 0 atom stereocenters. The van der Waals surface area contributed by atoms with Crippen LogP contribution in [0.15, 0.2) is 47.7 Å². The van der Waals surface area contributed by atoms with Crippen molar-refractivity contribution in [2.45, 2.75) is 6.54 Å². The number of aromatic nitrogens is 2. The molecule has 8 heteroatoms. The van der Waals surface area contributed by atoms with Crippen molar-refractivity contribution in [3.05, 3.63) is 48.3 Å². The largest absolute Gasteiger partial charge is 0.492 e. The van der Waals surface area contributed by atoms with E-state index in [0.29, 0.717) is 13.2 Å². The third-order valence-electron chi connectivity index (χ3n) is 4.78. The van der Waals surface area contributed by atoms with E-state index in [9.17, 15) is 0 Å². The predicted octanol–water partition coefficient (Wildman–Crippen LogP) is 1.31. The smallest absolute Gasteiger partial charge is 0.225 e. The Morgan fingerprint density at radius 1 is 1.14 bits per heavy atom. The Morgan fingerprint density at radius 3 is 2.59 bits per heavy atom. The van der Waals surface area contributed by atoms with E-state index in [1.165, 1.54) is 5.56 Å². The maximum atomic E-state index is 5.83. The van der Waals surface area contributed by atoms with Crippen molar-refractivity contribution in [2.24, 2.45) is 4.99 Å². The lowest BCUT2D eigenvalue weighted by atomic mass is 10.2. The highest BCUT2D eigenvalue weighted by molar-refractivity contribution is 5.80. The molecule has 1 aliphatic heterocycles. The van der Waals surface area contributed by atoms with Crippen LogP contribution in [0.1, 0.15) is 5.56 Å². The zero-order valence-corrected chi connectivity index (χ0v) is 17.6. The zero-order chi connectivity index (χ0) is 20.5. The van der Waals surface area contributed by atoms with Gasteiger partial charge in [-0.1, -0.05) is 12.1 Å². The number of aliphatic imine (C=N–C) groups is 1. The first-order chi connectivity index (χ1) is 14.2. The number of piperazine rings is 1. The minimum absolute atomic E-state index is 0.682. The van der Waals surface area contributed by atoms with Gasteiger partial charge in [-0.25, -0.2) is 9.97 Å². The van der Waals surface area contributed by atoms with Crippen molar-refractivity contribution in [1.29, 1.82) is 0 Å². The third kappa shape index (κ3) is 6.32. The van der Waals surface area contributed by atoms with Crippen LogP contribution in [0.5, 0.6) is 5.75 Å². The quantitative estimate of drug-likeness (QED) is 0.558. The topological polar surface area (TPSA) is 69.1 Å². The van der Waals surface area contributed by atoms with Gasteiger partial charge in [-0.05, 0) is 37.9 Å². The number of ether oxygens (including phenoxy) is 1. The second kappa shape index (κ2) is 10.6. The van der Waals surface area contributed by atoms with Crippen LogP contribution < -0.4 is 15.0 Å². The van der Waals surface area contributed by atoms with Crippen LogP contribution in [0, 0.1) is 0 Å². The number of guanidine groups is 1. The number of anilines is 1. The molecule has 0 bridgehead atoms. The van der Waals surface area contributed by atoms with Gasteiger partial charge in [0.25, 0.3) is 0 Å². The average Bonchev–Trinajstić information content (AvgIpc) is 2.75. The van der Waals surface area contributed by atoms with E-state index >= 15 is 0 Å². The van der Waals surface area contributed by atoms with Gasteiger partial charge in [-0.3, -0.25) is 4.99 Å². The normalized spacial score (nSPS) is 15.0. The highest BCUT2D eigenvalue weighted by atomic mass is 16.5. The molecule has 2 heterocycles. The first-order valence-electron chi connectivity index (χ1n) is 10.00. The number of benzene rings is 1. The number of rotatable bonds is 7. The van der Waals surface area contributed by atoms with Crippen LogP contribution in [0.25, 0.3) is 0 Å². The minimum atomic E-state index is 0.682. The fourth-order valence-electron chi connectivity index (χ4n) is 3.18. The molecular weight excluding hydrogens is 366 g/mol. The van der Waals surface area contributed by atoms with Gasteiger partial charge >= 0.3 is 0 Å². The van der Waals surface area contributed by atoms with Crippen molar-refractivity contribution in [3.8, 4) is 5.75 Å². The van der Waals surface area contributed by atoms with Gasteiger partial charge in [-0.15, -0.1) is 0 Å². The molecule has 0 unspecified atom stereocenters. The fraction of sp³-hybridized carbons (Fsp3) is 0.476. The first-order valence-corrected chi connectivity index (χ1v) is 10.00. The summed E-state index contributed by atoms with van der Waals surface area (Å²) in [4.78, 5) is 19.7. The molecule has 0 saturated carbocycles. The van der Waals surface area contributed by atoms with E-state index in [1.54, 1.807) is 12.4 Å². The number of nitrogens with zero attached hydrogens (tertiary/aromatic N) is 6. The molecule has 1 aliphatic rings. The molecular formula is C21H31N7O. The average molecular weight is 398 g/mol. The SMILES string of the molecule is CN=C(NCc1cccc(OCCN(C)C)c1)N1CCN(c2ncccn2)CC1. The maximum Gasteiger partial charge on any atom is 0.225 e.